The highest BCUT2D eigenvalue weighted by Gasteiger charge is 2.01. The number of rotatable bonds is 5. The predicted octanol–water partition coefficient (Wildman–Crippen LogP) is 0.116. The molecule has 0 aliphatic rings. The van der Waals surface area contributed by atoms with Crippen molar-refractivity contribution < 1.29 is 14.3 Å². The van der Waals surface area contributed by atoms with Crippen molar-refractivity contribution in [3.05, 3.63) is 24.2 Å². The van der Waals surface area contributed by atoms with Crippen LogP contribution in [0.4, 0.5) is 0 Å². The minimum Gasteiger partial charge on any atom is -0.467 e. The fourth-order valence-corrected chi connectivity index (χ4v) is 0.758. The first-order valence-electron chi connectivity index (χ1n) is 3.81. The summed E-state index contributed by atoms with van der Waals surface area (Å²) in [5, 5.41) is 9.01. The summed E-state index contributed by atoms with van der Waals surface area (Å²) in [4.78, 5) is 0. The zero-order chi connectivity index (χ0) is 8.81. The van der Waals surface area contributed by atoms with Gasteiger partial charge in [0.2, 0.25) is 0 Å². The maximum Gasteiger partial charge on any atom is 0.129 e. The van der Waals surface area contributed by atoms with Gasteiger partial charge in [-0.2, -0.15) is 0 Å². The van der Waals surface area contributed by atoms with Crippen LogP contribution in [0.25, 0.3) is 0 Å². The van der Waals surface area contributed by atoms with Gasteiger partial charge in [-0.25, -0.2) is 0 Å². The van der Waals surface area contributed by atoms with E-state index >= 15 is 0 Å². The second kappa shape index (κ2) is 4.92. The SMILES string of the molecule is NCC(O)COCc1ccco1. The lowest BCUT2D eigenvalue weighted by atomic mass is 10.4. The Labute approximate surface area is 70.9 Å². The Morgan fingerprint density at radius 2 is 2.50 bits per heavy atom. The highest BCUT2D eigenvalue weighted by Crippen LogP contribution is 2.01. The van der Waals surface area contributed by atoms with E-state index in [0.29, 0.717) is 6.61 Å². The molecular weight excluding hydrogens is 158 g/mol. The Kier molecular flexibility index (Phi) is 3.79. The van der Waals surface area contributed by atoms with Gasteiger partial charge in [-0.1, -0.05) is 0 Å². The molecule has 0 aromatic carbocycles. The van der Waals surface area contributed by atoms with Crippen molar-refractivity contribution in [3.63, 3.8) is 0 Å². The molecule has 0 saturated heterocycles. The maximum absolute atomic E-state index is 9.01. The van der Waals surface area contributed by atoms with Crippen molar-refractivity contribution >= 4 is 0 Å². The zero-order valence-corrected chi connectivity index (χ0v) is 6.77. The lowest BCUT2D eigenvalue weighted by molar-refractivity contribution is 0.0264. The summed E-state index contributed by atoms with van der Waals surface area (Å²) in [6, 6.07) is 3.60. The number of aliphatic hydroxyl groups is 1. The van der Waals surface area contributed by atoms with Crippen molar-refractivity contribution in [3.8, 4) is 0 Å². The molecule has 3 N–H and O–H groups in total. The van der Waals surface area contributed by atoms with Crippen molar-refractivity contribution in [1.29, 1.82) is 0 Å². The van der Waals surface area contributed by atoms with E-state index in [-0.39, 0.29) is 13.2 Å². The largest absolute Gasteiger partial charge is 0.467 e. The summed E-state index contributed by atoms with van der Waals surface area (Å²) in [7, 11) is 0. The van der Waals surface area contributed by atoms with E-state index in [4.69, 9.17) is 20.0 Å². The molecule has 0 aliphatic heterocycles. The van der Waals surface area contributed by atoms with Gasteiger partial charge in [0.1, 0.15) is 12.4 Å². The molecule has 0 radical (unpaired) electrons. The van der Waals surface area contributed by atoms with Crippen LogP contribution in [-0.2, 0) is 11.3 Å². The lowest BCUT2D eigenvalue weighted by Crippen LogP contribution is -2.24. The van der Waals surface area contributed by atoms with Crippen molar-refractivity contribution in [2.45, 2.75) is 12.7 Å². The molecule has 4 heteroatoms. The molecular formula is C8H13NO3. The van der Waals surface area contributed by atoms with Gasteiger partial charge in [-0.15, -0.1) is 0 Å². The smallest absolute Gasteiger partial charge is 0.129 e. The van der Waals surface area contributed by atoms with Gasteiger partial charge in [-0.3, -0.25) is 0 Å². The van der Waals surface area contributed by atoms with Gasteiger partial charge in [0, 0.05) is 6.54 Å². The molecule has 0 fully saturated rings. The summed E-state index contributed by atoms with van der Waals surface area (Å²) in [5.41, 5.74) is 5.18. The quantitative estimate of drug-likeness (QED) is 0.660. The molecule has 1 aromatic heterocycles. The van der Waals surface area contributed by atoms with Crippen LogP contribution in [0.5, 0.6) is 0 Å². The Morgan fingerprint density at radius 1 is 1.67 bits per heavy atom. The van der Waals surface area contributed by atoms with Gasteiger partial charge in [0.05, 0.1) is 19.0 Å². The third-order valence-corrected chi connectivity index (χ3v) is 1.41. The second-order valence-electron chi connectivity index (χ2n) is 2.48. The molecule has 1 rings (SSSR count). The van der Waals surface area contributed by atoms with Crippen LogP contribution in [0.2, 0.25) is 0 Å². The summed E-state index contributed by atoms with van der Waals surface area (Å²) < 4.78 is 10.1. The average Bonchev–Trinajstić information content (AvgIpc) is 2.57. The molecule has 4 nitrogen and oxygen atoms in total. The van der Waals surface area contributed by atoms with Crippen LogP contribution < -0.4 is 5.73 Å². The molecule has 1 atom stereocenters. The molecule has 1 unspecified atom stereocenters. The van der Waals surface area contributed by atoms with E-state index in [1.165, 1.54) is 0 Å². The number of aliphatic hydroxyl groups excluding tert-OH is 1. The van der Waals surface area contributed by atoms with Crippen molar-refractivity contribution in [2.75, 3.05) is 13.2 Å². The van der Waals surface area contributed by atoms with E-state index < -0.39 is 6.10 Å². The Morgan fingerprint density at radius 3 is 3.08 bits per heavy atom. The molecule has 0 aliphatic carbocycles. The molecule has 1 heterocycles. The third-order valence-electron chi connectivity index (χ3n) is 1.41. The minimum absolute atomic E-state index is 0.220. The van der Waals surface area contributed by atoms with Crippen LogP contribution >= 0.6 is 0 Å². The van der Waals surface area contributed by atoms with E-state index in [0.717, 1.165) is 5.76 Å². The van der Waals surface area contributed by atoms with Crippen molar-refractivity contribution in [1.82, 2.24) is 0 Å². The summed E-state index contributed by atoms with van der Waals surface area (Å²) in [6.07, 6.45) is 0.998. The molecule has 0 amide bonds. The minimum atomic E-state index is -0.583. The summed E-state index contributed by atoms with van der Waals surface area (Å²) in [5.74, 6) is 0.749. The summed E-state index contributed by atoms with van der Waals surface area (Å²) >= 11 is 0. The van der Waals surface area contributed by atoms with Crippen molar-refractivity contribution in [2.24, 2.45) is 5.73 Å². The van der Waals surface area contributed by atoms with Crippen LogP contribution in [-0.4, -0.2) is 24.4 Å². The molecule has 0 saturated carbocycles. The fraction of sp³-hybridized carbons (Fsp3) is 0.500. The Bertz CT molecular complexity index is 198. The van der Waals surface area contributed by atoms with E-state index in [1.54, 1.807) is 12.3 Å². The van der Waals surface area contributed by atoms with Gasteiger partial charge in [0.15, 0.2) is 0 Å². The number of nitrogens with two attached hydrogens (primary N) is 1. The average molecular weight is 171 g/mol. The third kappa shape index (κ3) is 3.04. The molecule has 0 spiro atoms. The fourth-order valence-electron chi connectivity index (χ4n) is 0.758. The van der Waals surface area contributed by atoms with E-state index in [2.05, 4.69) is 0 Å². The highest BCUT2D eigenvalue weighted by molar-refractivity contribution is 4.95. The van der Waals surface area contributed by atoms with Gasteiger partial charge >= 0.3 is 0 Å². The van der Waals surface area contributed by atoms with Crippen LogP contribution in [0, 0.1) is 0 Å². The van der Waals surface area contributed by atoms with Crippen LogP contribution in [0.1, 0.15) is 5.76 Å². The molecule has 0 bridgehead atoms. The van der Waals surface area contributed by atoms with Crippen LogP contribution in [0.15, 0.2) is 22.8 Å². The normalized spacial score (nSPS) is 13.2. The van der Waals surface area contributed by atoms with Gasteiger partial charge in [0.25, 0.3) is 0 Å². The summed E-state index contributed by atoms with van der Waals surface area (Å²) in [6.45, 7) is 0.847. The second-order valence-corrected chi connectivity index (χ2v) is 2.48. The lowest BCUT2D eigenvalue weighted by Gasteiger charge is -2.06. The highest BCUT2D eigenvalue weighted by atomic mass is 16.5. The maximum atomic E-state index is 9.01. The zero-order valence-electron chi connectivity index (χ0n) is 6.77. The predicted molar refractivity (Wildman–Crippen MR) is 43.4 cm³/mol. The first-order valence-corrected chi connectivity index (χ1v) is 3.81. The van der Waals surface area contributed by atoms with Crippen LogP contribution in [0.3, 0.4) is 0 Å². The van der Waals surface area contributed by atoms with Gasteiger partial charge in [-0.05, 0) is 12.1 Å². The topological polar surface area (TPSA) is 68.6 Å². The van der Waals surface area contributed by atoms with E-state index in [1.807, 2.05) is 6.07 Å². The first-order chi connectivity index (χ1) is 5.83. The Balaban J connectivity index is 2.11. The number of hydrogen-bond acceptors (Lipinski definition) is 4. The number of ether oxygens (including phenoxy) is 1. The number of hydrogen-bond donors (Lipinski definition) is 2. The number of furan rings is 1. The Hall–Kier alpha value is -0.840. The molecule has 68 valence electrons. The monoisotopic (exact) mass is 171 g/mol. The molecule has 12 heavy (non-hydrogen) atoms. The van der Waals surface area contributed by atoms with Gasteiger partial charge < -0.3 is 20.0 Å². The first kappa shape index (κ1) is 9.25. The molecule has 1 aromatic rings. The standard InChI is InChI=1S/C8H13NO3/c9-4-7(10)5-11-6-8-2-1-3-12-8/h1-3,7,10H,4-6,9H2. The van der Waals surface area contributed by atoms with E-state index in [9.17, 15) is 0 Å².